The highest BCUT2D eigenvalue weighted by Crippen LogP contribution is 2.29. The number of benzene rings is 3. The molecule has 40 heavy (non-hydrogen) atoms. The van der Waals surface area contributed by atoms with E-state index in [1.54, 1.807) is 43.3 Å². The van der Waals surface area contributed by atoms with Crippen molar-refractivity contribution in [3.05, 3.63) is 94.5 Å². The minimum Gasteiger partial charge on any atom is -0.352 e. The number of sulfonamides is 1. The van der Waals surface area contributed by atoms with Crippen molar-refractivity contribution in [2.45, 2.75) is 71.0 Å². The highest BCUT2D eigenvalue weighted by molar-refractivity contribution is 7.92. The molecule has 0 aromatic heterocycles. The van der Waals surface area contributed by atoms with Gasteiger partial charge in [-0.3, -0.25) is 13.9 Å². The quantitative estimate of drug-likeness (QED) is 0.289. The number of amides is 2. The number of hydrogen-bond acceptors (Lipinski definition) is 4. The van der Waals surface area contributed by atoms with Gasteiger partial charge in [0.1, 0.15) is 12.6 Å². The second-order valence-corrected chi connectivity index (χ2v) is 12.3. The molecule has 0 aliphatic carbocycles. The lowest BCUT2D eigenvalue weighted by Gasteiger charge is -2.34. The third-order valence-corrected chi connectivity index (χ3v) is 8.91. The Balaban J connectivity index is 2.07. The molecule has 0 aliphatic heterocycles. The number of nitrogens with zero attached hydrogens (tertiary/aromatic N) is 2. The summed E-state index contributed by atoms with van der Waals surface area (Å²) in [6, 6.07) is 19.7. The van der Waals surface area contributed by atoms with Crippen molar-refractivity contribution in [2.75, 3.05) is 10.8 Å². The molecule has 3 aromatic rings. The maximum atomic E-state index is 14.1. The number of anilines is 1. The summed E-state index contributed by atoms with van der Waals surface area (Å²) in [5.41, 5.74) is 2.86. The van der Waals surface area contributed by atoms with E-state index in [0.29, 0.717) is 22.7 Å². The molecular formula is C31H38ClN3O4S. The van der Waals surface area contributed by atoms with E-state index in [-0.39, 0.29) is 23.4 Å². The molecule has 2 amide bonds. The van der Waals surface area contributed by atoms with E-state index >= 15 is 0 Å². The van der Waals surface area contributed by atoms with Crippen LogP contribution >= 0.6 is 11.6 Å². The highest BCUT2D eigenvalue weighted by atomic mass is 35.5. The average Bonchev–Trinajstić information content (AvgIpc) is 2.93. The van der Waals surface area contributed by atoms with E-state index < -0.39 is 28.5 Å². The molecule has 0 heterocycles. The van der Waals surface area contributed by atoms with Crippen molar-refractivity contribution in [3.8, 4) is 0 Å². The second kappa shape index (κ2) is 13.8. The van der Waals surface area contributed by atoms with Gasteiger partial charge in [-0.05, 0) is 75.1 Å². The van der Waals surface area contributed by atoms with E-state index in [0.717, 1.165) is 21.9 Å². The van der Waals surface area contributed by atoms with Crippen LogP contribution in [0.5, 0.6) is 0 Å². The van der Waals surface area contributed by atoms with Gasteiger partial charge in [-0.25, -0.2) is 8.42 Å². The molecule has 0 aliphatic rings. The van der Waals surface area contributed by atoms with Gasteiger partial charge in [-0.1, -0.05) is 73.5 Å². The molecule has 0 radical (unpaired) electrons. The lowest BCUT2D eigenvalue weighted by atomic mass is 10.1. The molecule has 9 heteroatoms. The summed E-state index contributed by atoms with van der Waals surface area (Å²) < 4.78 is 29.0. The Hall–Kier alpha value is -3.36. The molecule has 0 fully saturated rings. The first kappa shape index (κ1) is 31.2. The van der Waals surface area contributed by atoms with Crippen molar-refractivity contribution in [1.82, 2.24) is 10.2 Å². The lowest BCUT2D eigenvalue weighted by molar-refractivity contribution is -0.140. The van der Waals surface area contributed by atoms with Gasteiger partial charge in [0.05, 0.1) is 10.6 Å². The maximum Gasteiger partial charge on any atom is 0.264 e. The fraction of sp³-hybridized carbons (Fsp3) is 0.355. The Kier molecular flexibility index (Phi) is 10.8. The molecule has 7 nitrogen and oxygen atoms in total. The summed E-state index contributed by atoms with van der Waals surface area (Å²) in [7, 11) is -4.13. The number of rotatable bonds is 12. The van der Waals surface area contributed by atoms with Crippen molar-refractivity contribution in [2.24, 2.45) is 0 Å². The Morgan fingerprint density at radius 2 is 1.57 bits per heavy atom. The average molecular weight is 584 g/mol. The number of halogens is 1. The van der Waals surface area contributed by atoms with Gasteiger partial charge in [0.25, 0.3) is 10.0 Å². The lowest BCUT2D eigenvalue weighted by Crippen LogP contribution is -2.53. The number of carbonyl (C=O) groups is 2. The van der Waals surface area contributed by atoms with Crippen LogP contribution in [0.3, 0.4) is 0 Å². The highest BCUT2D eigenvalue weighted by Gasteiger charge is 2.34. The van der Waals surface area contributed by atoms with Gasteiger partial charge in [0.2, 0.25) is 11.8 Å². The molecule has 1 N–H and O–H groups in total. The number of hydrogen-bond donors (Lipinski definition) is 1. The first-order valence-corrected chi connectivity index (χ1v) is 15.3. The normalized spacial score (nSPS) is 12.8. The van der Waals surface area contributed by atoms with Gasteiger partial charge in [0, 0.05) is 17.6 Å². The van der Waals surface area contributed by atoms with Crippen molar-refractivity contribution in [1.29, 1.82) is 0 Å². The van der Waals surface area contributed by atoms with Crippen LogP contribution in [0.25, 0.3) is 0 Å². The molecule has 0 unspecified atom stereocenters. The molecule has 0 bridgehead atoms. The predicted octanol–water partition coefficient (Wildman–Crippen LogP) is 5.87. The Morgan fingerprint density at radius 1 is 0.925 bits per heavy atom. The fourth-order valence-corrected chi connectivity index (χ4v) is 6.11. The SMILES string of the molecule is CC[C@@H](C)NC(=O)[C@@H](CC)N(Cc1ccc(C)cc1)C(=O)CN(c1ccc(Cl)cc1C)S(=O)(=O)c1ccccc1. The molecule has 3 rings (SSSR count). The van der Waals surface area contributed by atoms with E-state index in [9.17, 15) is 18.0 Å². The zero-order valence-corrected chi connectivity index (χ0v) is 25.3. The van der Waals surface area contributed by atoms with E-state index in [2.05, 4.69) is 5.32 Å². The molecule has 0 saturated carbocycles. The summed E-state index contributed by atoms with van der Waals surface area (Å²) >= 11 is 6.17. The Bertz CT molecular complexity index is 1410. The smallest absolute Gasteiger partial charge is 0.264 e. The minimum absolute atomic E-state index is 0.0591. The minimum atomic E-state index is -4.13. The van der Waals surface area contributed by atoms with Crippen LogP contribution in [0.4, 0.5) is 5.69 Å². The van der Waals surface area contributed by atoms with Gasteiger partial charge >= 0.3 is 0 Å². The van der Waals surface area contributed by atoms with E-state index in [1.165, 1.54) is 17.0 Å². The van der Waals surface area contributed by atoms with Crippen LogP contribution in [0, 0.1) is 13.8 Å². The topological polar surface area (TPSA) is 86.8 Å². The van der Waals surface area contributed by atoms with Gasteiger partial charge in [0.15, 0.2) is 0 Å². The number of aryl methyl sites for hydroxylation is 2. The van der Waals surface area contributed by atoms with Crippen molar-refractivity contribution in [3.63, 3.8) is 0 Å². The summed E-state index contributed by atoms with van der Waals surface area (Å²) in [6.07, 6.45) is 1.11. The summed E-state index contributed by atoms with van der Waals surface area (Å²) in [4.78, 5) is 29.0. The predicted molar refractivity (Wildman–Crippen MR) is 161 cm³/mol. The van der Waals surface area contributed by atoms with E-state index in [4.69, 9.17) is 11.6 Å². The maximum absolute atomic E-state index is 14.1. The fourth-order valence-electron chi connectivity index (χ4n) is 4.38. The summed E-state index contributed by atoms with van der Waals surface area (Å²) in [6.45, 7) is 9.12. The largest absolute Gasteiger partial charge is 0.352 e. The number of carbonyl (C=O) groups excluding carboxylic acids is 2. The molecule has 0 spiro atoms. The van der Waals surface area contributed by atoms with Crippen LogP contribution in [0.1, 0.15) is 50.3 Å². The molecule has 2 atom stereocenters. The van der Waals surface area contributed by atoms with Gasteiger partial charge < -0.3 is 10.2 Å². The molecular weight excluding hydrogens is 546 g/mol. The van der Waals surface area contributed by atoms with Crippen LogP contribution in [0.2, 0.25) is 5.02 Å². The zero-order valence-electron chi connectivity index (χ0n) is 23.7. The first-order chi connectivity index (χ1) is 19.0. The van der Waals surface area contributed by atoms with Crippen LogP contribution in [-0.2, 0) is 26.2 Å². The number of nitrogens with one attached hydrogen (secondary N) is 1. The third kappa shape index (κ3) is 7.64. The van der Waals surface area contributed by atoms with Crippen LogP contribution in [-0.4, -0.2) is 43.8 Å². The third-order valence-electron chi connectivity index (χ3n) is 6.90. The van der Waals surface area contributed by atoms with Crippen LogP contribution in [0.15, 0.2) is 77.7 Å². The van der Waals surface area contributed by atoms with Gasteiger partial charge in [-0.15, -0.1) is 0 Å². The Labute approximate surface area is 243 Å². The Morgan fingerprint density at radius 3 is 2.15 bits per heavy atom. The monoisotopic (exact) mass is 583 g/mol. The molecule has 3 aromatic carbocycles. The standard InChI is InChI=1S/C31H38ClN3O4S/c1-6-24(5)33-31(37)28(7-2)34(20-25-15-13-22(3)14-16-25)30(36)21-35(29-18-17-26(32)19-23(29)4)40(38,39)27-11-9-8-10-12-27/h8-19,24,28H,6-7,20-21H2,1-5H3,(H,33,37)/t24-,28-/m1/s1. The van der Waals surface area contributed by atoms with Gasteiger partial charge in [-0.2, -0.15) is 0 Å². The van der Waals surface area contributed by atoms with E-state index in [1.807, 2.05) is 52.0 Å². The summed E-state index contributed by atoms with van der Waals surface area (Å²) in [5, 5.41) is 3.44. The molecule has 214 valence electrons. The first-order valence-electron chi connectivity index (χ1n) is 13.5. The van der Waals surface area contributed by atoms with Crippen LogP contribution < -0.4 is 9.62 Å². The second-order valence-electron chi connectivity index (χ2n) is 10.0. The zero-order chi connectivity index (χ0) is 29.4. The van der Waals surface area contributed by atoms with Crippen molar-refractivity contribution < 1.29 is 18.0 Å². The van der Waals surface area contributed by atoms with Crippen molar-refractivity contribution >= 4 is 39.1 Å². The molecule has 0 saturated heterocycles. The summed E-state index contributed by atoms with van der Waals surface area (Å²) in [5.74, 6) is -0.752.